The Morgan fingerprint density at radius 1 is 1.00 bits per heavy atom. The molecule has 0 radical (unpaired) electrons. The van der Waals surface area contributed by atoms with Gasteiger partial charge in [0, 0.05) is 19.3 Å². The molecule has 3 nitrogen and oxygen atoms in total. The van der Waals surface area contributed by atoms with E-state index in [2.05, 4.69) is 31.9 Å². The molecule has 2 rings (SSSR count). The Bertz CT molecular complexity index is 628. The number of fused-ring (bicyclic) bond motifs is 1. The van der Waals surface area contributed by atoms with Crippen molar-refractivity contribution in [2.75, 3.05) is 18.5 Å². The van der Waals surface area contributed by atoms with Gasteiger partial charge in [-0.3, -0.25) is 0 Å². The van der Waals surface area contributed by atoms with Crippen molar-refractivity contribution < 1.29 is 26.7 Å². The van der Waals surface area contributed by atoms with E-state index in [1.165, 1.54) is 36.2 Å². The Balaban J connectivity index is 0.00000242. The van der Waals surface area contributed by atoms with Crippen LogP contribution < -0.4 is 15.1 Å². The molecule has 0 aromatic heterocycles. The molecule has 0 N–H and O–H groups in total. The summed E-state index contributed by atoms with van der Waals surface area (Å²) in [5.41, 5.74) is 2.36. The first-order valence-corrected chi connectivity index (χ1v) is 7.73. The second kappa shape index (κ2) is 8.29. The van der Waals surface area contributed by atoms with Gasteiger partial charge >= 0.3 is 16.5 Å². The molecule has 0 atom stereocenters. The maximum Gasteiger partial charge on any atom is 2.00 e. The van der Waals surface area contributed by atoms with Crippen LogP contribution in [0.1, 0.15) is 38.7 Å². The van der Waals surface area contributed by atoms with E-state index in [4.69, 9.17) is 0 Å². The van der Waals surface area contributed by atoms with E-state index >= 15 is 0 Å². The molecule has 0 bridgehead atoms. The van der Waals surface area contributed by atoms with Crippen molar-refractivity contribution in [1.82, 2.24) is 0 Å². The van der Waals surface area contributed by atoms with Crippen molar-refractivity contribution in [2.24, 2.45) is 0 Å². The minimum atomic E-state index is -0.418. The molecule has 0 fully saturated rings. The fourth-order valence-electron chi connectivity index (χ4n) is 2.72. The smallest absolute Gasteiger partial charge is 0.873 e. The molecule has 0 aliphatic carbocycles. The van der Waals surface area contributed by atoms with E-state index in [-0.39, 0.29) is 16.5 Å². The van der Waals surface area contributed by atoms with E-state index in [1.54, 1.807) is 0 Å². The van der Waals surface area contributed by atoms with Crippen LogP contribution in [0.25, 0.3) is 10.8 Å². The minimum absolute atomic E-state index is 0. The molecule has 0 saturated heterocycles. The van der Waals surface area contributed by atoms with Gasteiger partial charge in [-0.25, -0.2) is 0 Å². The van der Waals surface area contributed by atoms with Crippen molar-refractivity contribution in [1.29, 1.82) is 0 Å². The van der Waals surface area contributed by atoms with Crippen molar-refractivity contribution in [3.8, 4) is 11.5 Å². The third kappa shape index (κ3) is 3.86. The fourth-order valence-corrected chi connectivity index (χ4v) is 2.72. The molecule has 0 spiro atoms. The molecular weight excluding hydrogens is 321 g/mol. The van der Waals surface area contributed by atoms with Crippen LogP contribution >= 0.6 is 0 Å². The Kier molecular flexibility index (Phi) is 7.02. The molecule has 2 aromatic rings. The molecule has 122 valence electrons. The summed E-state index contributed by atoms with van der Waals surface area (Å²) in [5, 5.41) is 25.1. The second-order valence-electron chi connectivity index (χ2n) is 5.55. The summed E-state index contributed by atoms with van der Waals surface area (Å²) in [6.07, 6.45) is 4.40. The predicted molar refractivity (Wildman–Crippen MR) is 85.0 cm³/mol. The zero-order valence-corrected chi connectivity index (χ0v) is 14.4. The molecule has 2 aromatic carbocycles. The van der Waals surface area contributed by atoms with Gasteiger partial charge in [-0.15, -0.1) is 11.5 Å². The number of aryl methyl sites for hydroxylation is 1. The normalized spacial score (nSPS) is 10.5. The number of hydrogen-bond donors (Lipinski definition) is 0. The predicted octanol–water partition coefficient (Wildman–Crippen LogP) is 3.17. The Morgan fingerprint density at radius 2 is 1.68 bits per heavy atom. The first-order valence-electron chi connectivity index (χ1n) is 7.73. The number of benzene rings is 2. The largest absolute Gasteiger partial charge is 2.00 e. The first-order chi connectivity index (χ1) is 10.1. The van der Waals surface area contributed by atoms with E-state index in [1.807, 2.05) is 6.07 Å². The van der Waals surface area contributed by atoms with Crippen LogP contribution in [0.15, 0.2) is 24.3 Å². The van der Waals surface area contributed by atoms with Crippen LogP contribution in [-0.4, -0.2) is 13.6 Å². The summed E-state index contributed by atoms with van der Waals surface area (Å²) in [7, 11) is 2.06. The Morgan fingerprint density at radius 3 is 2.32 bits per heavy atom. The topological polar surface area (TPSA) is 49.4 Å². The zero-order valence-electron chi connectivity index (χ0n) is 13.4. The van der Waals surface area contributed by atoms with Gasteiger partial charge in [0.25, 0.3) is 0 Å². The van der Waals surface area contributed by atoms with Crippen molar-refractivity contribution in [2.45, 2.75) is 39.5 Å². The molecular formula is C18H23NNiO2. The van der Waals surface area contributed by atoms with Crippen LogP contribution in [-0.2, 0) is 22.9 Å². The number of nitrogens with zero attached hydrogens (tertiary/aromatic N) is 1. The third-order valence-electron chi connectivity index (χ3n) is 4.09. The van der Waals surface area contributed by atoms with Crippen LogP contribution in [0, 0.1) is 0 Å². The molecule has 0 amide bonds. The molecule has 22 heavy (non-hydrogen) atoms. The summed E-state index contributed by atoms with van der Waals surface area (Å²) in [6, 6.07) is 7.00. The summed E-state index contributed by atoms with van der Waals surface area (Å²) in [5.74, 6) is -0.825. The summed E-state index contributed by atoms with van der Waals surface area (Å²) in [4.78, 5) is 2.19. The van der Waals surface area contributed by atoms with Gasteiger partial charge < -0.3 is 15.1 Å². The standard InChI is InChI=1S/C18H25NO2.Ni/c1-4-6-7-8-14-15-12-18(21)17(20)11-13(15)9-10-16(14)19(3)5-2;/h9-12,20-21H,4-8H2,1-3H3;/q;+2/p-2. The SMILES string of the molecule is CCCCCc1c(N(C)CC)ccc2cc([O-])c([O-])cc12.[Ni+2]. The molecule has 0 aliphatic heterocycles. The minimum Gasteiger partial charge on any atom is -0.873 e. The van der Waals surface area contributed by atoms with Crippen LogP contribution in [0.2, 0.25) is 0 Å². The first kappa shape index (κ1) is 18.6. The van der Waals surface area contributed by atoms with E-state index in [9.17, 15) is 10.2 Å². The van der Waals surface area contributed by atoms with Gasteiger partial charge in [-0.1, -0.05) is 38.0 Å². The molecule has 0 unspecified atom stereocenters. The van der Waals surface area contributed by atoms with E-state index < -0.39 is 11.5 Å². The van der Waals surface area contributed by atoms with Gasteiger partial charge in [0.1, 0.15) is 0 Å². The van der Waals surface area contributed by atoms with Gasteiger partial charge in [0.2, 0.25) is 0 Å². The quantitative estimate of drug-likeness (QED) is 0.597. The maximum absolute atomic E-state index is 11.7. The number of hydrogen-bond acceptors (Lipinski definition) is 3. The van der Waals surface area contributed by atoms with Gasteiger partial charge in [0.15, 0.2) is 0 Å². The summed E-state index contributed by atoms with van der Waals surface area (Å²) in [6.45, 7) is 5.21. The average Bonchev–Trinajstić information content (AvgIpc) is 2.48. The number of unbranched alkanes of at least 4 members (excludes halogenated alkanes) is 2. The van der Waals surface area contributed by atoms with Crippen molar-refractivity contribution in [3.05, 3.63) is 29.8 Å². The second-order valence-corrected chi connectivity index (χ2v) is 5.55. The van der Waals surface area contributed by atoms with Crippen LogP contribution in [0.5, 0.6) is 11.5 Å². The maximum atomic E-state index is 11.7. The monoisotopic (exact) mass is 343 g/mol. The van der Waals surface area contributed by atoms with Gasteiger partial charge in [0.05, 0.1) is 0 Å². The van der Waals surface area contributed by atoms with Gasteiger partial charge in [-0.05, 0) is 42.2 Å². The fraction of sp³-hybridized carbons (Fsp3) is 0.444. The van der Waals surface area contributed by atoms with Gasteiger partial charge in [-0.2, -0.15) is 0 Å². The number of anilines is 1. The Hall–Kier alpha value is -1.41. The molecule has 0 saturated carbocycles. The zero-order chi connectivity index (χ0) is 15.4. The van der Waals surface area contributed by atoms with Crippen LogP contribution in [0.3, 0.4) is 0 Å². The molecule has 0 heterocycles. The van der Waals surface area contributed by atoms with Crippen molar-refractivity contribution in [3.63, 3.8) is 0 Å². The molecule has 4 heteroatoms. The third-order valence-corrected chi connectivity index (χ3v) is 4.09. The average molecular weight is 344 g/mol. The number of rotatable bonds is 6. The van der Waals surface area contributed by atoms with E-state index in [0.717, 1.165) is 30.2 Å². The van der Waals surface area contributed by atoms with Crippen LogP contribution in [0.4, 0.5) is 5.69 Å². The van der Waals surface area contributed by atoms with E-state index in [0.29, 0.717) is 0 Å². The van der Waals surface area contributed by atoms with Crippen molar-refractivity contribution >= 4 is 16.5 Å². The Labute approximate surface area is 142 Å². The summed E-state index contributed by atoms with van der Waals surface area (Å²) >= 11 is 0. The molecule has 0 aliphatic rings. The summed E-state index contributed by atoms with van der Waals surface area (Å²) < 4.78 is 0.